The Kier molecular flexibility index (Phi) is 3.80. The number of aromatic nitrogens is 2. The first kappa shape index (κ1) is 15.5. The van der Waals surface area contributed by atoms with Crippen LogP contribution in [0.15, 0.2) is 55.2 Å². The van der Waals surface area contributed by atoms with E-state index in [0.717, 1.165) is 40.8 Å². The van der Waals surface area contributed by atoms with Gasteiger partial charge in [0.25, 0.3) is 0 Å². The molecule has 2 heterocycles. The van der Waals surface area contributed by atoms with Crippen LogP contribution >= 0.6 is 0 Å². The molecule has 0 spiro atoms. The summed E-state index contributed by atoms with van der Waals surface area (Å²) in [5.74, 6) is -0.213. The quantitative estimate of drug-likeness (QED) is 0.478. The van der Waals surface area contributed by atoms with Crippen LogP contribution < -0.4 is 5.32 Å². The van der Waals surface area contributed by atoms with Gasteiger partial charge in [-0.2, -0.15) is 0 Å². The molecule has 4 aromatic rings. The molecular weight excluding hydrogens is 313 g/mol. The molecule has 2 aromatic heterocycles. The fraction of sp³-hybridized carbons (Fsp3) is 0.143. The van der Waals surface area contributed by atoms with Gasteiger partial charge in [0.15, 0.2) is 0 Å². The van der Waals surface area contributed by atoms with Crippen LogP contribution in [0.25, 0.3) is 27.5 Å². The number of aromatic amines is 2. The van der Waals surface area contributed by atoms with Gasteiger partial charge in [0.1, 0.15) is 5.82 Å². The van der Waals surface area contributed by atoms with Gasteiger partial charge in [0, 0.05) is 29.0 Å². The summed E-state index contributed by atoms with van der Waals surface area (Å²) in [6.07, 6.45) is 2.67. The lowest BCUT2D eigenvalue weighted by molar-refractivity contribution is 0.637. The summed E-state index contributed by atoms with van der Waals surface area (Å²) in [5, 5.41) is 5.48. The van der Waals surface area contributed by atoms with Gasteiger partial charge in [0.05, 0.1) is 16.9 Å². The van der Waals surface area contributed by atoms with E-state index >= 15 is 0 Å². The van der Waals surface area contributed by atoms with E-state index in [2.05, 4.69) is 53.1 Å². The predicted octanol–water partition coefficient (Wildman–Crippen LogP) is 4.90. The highest BCUT2D eigenvalue weighted by atomic mass is 19.1. The highest BCUT2D eigenvalue weighted by molar-refractivity contribution is 5.85. The van der Waals surface area contributed by atoms with Crippen molar-refractivity contribution in [3.05, 3.63) is 77.9 Å². The number of H-pyrrole nitrogens is 2. The van der Waals surface area contributed by atoms with Crippen molar-refractivity contribution in [1.82, 2.24) is 15.3 Å². The Morgan fingerprint density at radius 2 is 2.08 bits per heavy atom. The van der Waals surface area contributed by atoms with E-state index in [1.165, 1.54) is 17.0 Å². The Labute approximate surface area is 145 Å². The van der Waals surface area contributed by atoms with E-state index in [-0.39, 0.29) is 5.82 Å². The first-order chi connectivity index (χ1) is 12.1. The van der Waals surface area contributed by atoms with Gasteiger partial charge in [-0.1, -0.05) is 30.3 Å². The van der Waals surface area contributed by atoms with Gasteiger partial charge < -0.3 is 15.3 Å². The SMILES string of the molecule is C=C(NCCc1c[nH]c2c(F)cccc12)c1cc2cc(C)ccc2[nH]1. The lowest BCUT2D eigenvalue weighted by Gasteiger charge is -2.07. The molecule has 0 saturated carbocycles. The Bertz CT molecular complexity index is 1070. The maximum absolute atomic E-state index is 13.7. The summed E-state index contributed by atoms with van der Waals surface area (Å²) >= 11 is 0. The maximum atomic E-state index is 13.7. The molecule has 2 aromatic carbocycles. The second-order valence-electron chi connectivity index (χ2n) is 6.41. The molecule has 0 saturated heterocycles. The summed E-state index contributed by atoms with van der Waals surface area (Å²) in [6.45, 7) is 6.95. The molecule has 0 fully saturated rings. The number of hydrogen-bond acceptors (Lipinski definition) is 1. The normalized spacial score (nSPS) is 11.3. The number of para-hydroxylation sites is 1. The van der Waals surface area contributed by atoms with Crippen molar-refractivity contribution >= 4 is 27.5 Å². The monoisotopic (exact) mass is 333 g/mol. The third-order valence-electron chi connectivity index (χ3n) is 4.58. The molecule has 126 valence electrons. The molecule has 0 aliphatic carbocycles. The van der Waals surface area contributed by atoms with Crippen LogP contribution in [0.1, 0.15) is 16.8 Å². The van der Waals surface area contributed by atoms with Gasteiger partial charge >= 0.3 is 0 Å². The molecular formula is C21H20FN3. The standard InChI is InChI=1S/C21H20FN3/c1-13-6-7-19-16(10-13)11-20(25-19)14(2)23-9-8-15-12-24-21-17(15)4-3-5-18(21)22/h3-7,10-12,23-25H,2,8-9H2,1H3. The third-order valence-corrected chi connectivity index (χ3v) is 4.58. The largest absolute Gasteiger partial charge is 0.384 e. The van der Waals surface area contributed by atoms with Crippen LogP contribution in [0.3, 0.4) is 0 Å². The minimum Gasteiger partial charge on any atom is -0.384 e. The Balaban J connectivity index is 1.45. The fourth-order valence-corrected chi connectivity index (χ4v) is 3.24. The van der Waals surface area contributed by atoms with Gasteiger partial charge in [-0.15, -0.1) is 0 Å². The van der Waals surface area contributed by atoms with E-state index < -0.39 is 0 Å². The van der Waals surface area contributed by atoms with E-state index in [9.17, 15) is 4.39 Å². The molecule has 4 heteroatoms. The van der Waals surface area contributed by atoms with Crippen LogP contribution in [0, 0.1) is 12.7 Å². The predicted molar refractivity (Wildman–Crippen MR) is 102 cm³/mol. The highest BCUT2D eigenvalue weighted by Gasteiger charge is 2.08. The highest BCUT2D eigenvalue weighted by Crippen LogP contribution is 2.22. The molecule has 0 aliphatic heterocycles. The van der Waals surface area contributed by atoms with Crippen LogP contribution in [-0.4, -0.2) is 16.5 Å². The van der Waals surface area contributed by atoms with Crippen molar-refractivity contribution in [2.75, 3.05) is 6.54 Å². The van der Waals surface area contributed by atoms with E-state index in [0.29, 0.717) is 5.52 Å². The van der Waals surface area contributed by atoms with Gasteiger partial charge in [-0.25, -0.2) is 4.39 Å². The number of nitrogens with one attached hydrogen (secondary N) is 3. The topological polar surface area (TPSA) is 43.6 Å². The summed E-state index contributed by atoms with van der Waals surface area (Å²) in [5.41, 5.74) is 5.87. The third kappa shape index (κ3) is 2.91. The number of aryl methyl sites for hydroxylation is 1. The molecule has 0 unspecified atom stereocenters. The maximum Gasteiger partial charge on any atom is 0.147 e. The Hall–Kier alpha value is -3.01. The number of benzene rings is 2. The van der Waals surface area contributed by atoms with E-state index in [1.54, 1.807) is 6.07 Å². The summed E-state index contributed by atoms with van der Waals surface area (Å²) in [6, 6.07) is 13.6. The number of fused-ring (bicyclic) bond motifs is 2. The van der Waals surface area contributed by atoms with E-state index in [4.69, 9.17) is 0 Å². The molecule has 3 nitrogen and oxygen atoms in total. The van der Waals surface area contributed by atoms with Crippen molar-refractivity contribution < 1.29 is 4.39 Å². The minimum atomic E-state index is -0.213. The number of hydrogen-bond donors (Lipinski definition) is 3. The Morgan fingerprint density at radius 3 is 2.96 bits per heavy atom. The molecule has 0 radical (unpaired) electrons. The van der Waals surface area contributed by atoms with Crippen LogP contribution in [0.4, 0.5) is 4.39 Å². The van der Waals surface area contributed by atoms with Crippen LogP contribution in [-0.2, 0) is 6.42 Å². The molecule has 3 N–H and O–H groups in total. The smallest absolute Gasteiger partial charge is 0.147 e. The summed E-state index contributed by atoms with van der Waals surface area (Å²) < 4.78 is 13.7. The summed E-state index contributed by atoms with van der Waals surface area (Å²) in [7, 11) is 0. The van der Waals surface area contributed by atoms with E-state index in [1.807, 2.05) is 12.3 Å². The molecule has 0 amide bonds. The average molecular weight is 333 g/mol. The van der Waals surface area contributed by atoms with Gasteiger partial charge in [-0.3, -0.25) is 0 Å². The average Bonchev–Trinajstić information content (AvgIpc) is 3.19. The van der Waals surface area contributed by atoms with Crippen molar-refractivity contribution in [3.63, 3.8) is 0 Å². The molecule has 0 atom stereocenters. The second kappa shape index (κ2) is 6.13. The lowest BCUT2D eigenvalue weighted by atomic mass is 10.1. The molecule has 0 aliphatic rings. The van der Waals surface area contributed by atoms with Gasteiger partial charge in [0.2, 0.25) is 0 Å². The minimum absolute atomic E-state index is 0.213. The van der Waals surface area contributed by atoms with Crippen molar-refractivity contribution in [3.8, 4) is 0 Å². The Morgan fingerprint density at radius 1 is 1.20 bits per heavy atom. The van der Waals surface area contributed by atoms with Crippen LogP contribution in [0.2, 0.25) is 0 Å². The fourth-order valence-electron chi connectivity index (χ4n) is 3.24. The number of rotatable bonds is 5. The number of halogens is 1. The van der Waals surface area contributed by atoms with Crippen molar-refractivity contribution in [1.29, 1.82) is 0 Å². The van der Waals surface area contributed by atoms with Crippen molar-refractivity contribution in [2.45, 2.75) is 13.3 Å². The first-order valence-electron chi connectivity index (χ1n) is 8.39. The molecule has 0 bridgehead atoms. The first-order valence-corrected chi connectivity index (χ1v) is 8.39. The molecule has 25 heavy (non-hydrogen) atoms. The zero-order chi connectivity index (χ0) is 17.4. The van der Waals surface area contributed by atoms with Gasteiger partial charge in [-0.05, 0) is 43.2 Å². The zero-order valence-electron chi connectivity index (χ0n) is 14.1. The molecule has 4 rings (SSSR count). The second-order valence-corrected chi connectivity index (χ2v) is 6.41. The zero-order valence-corrected chi connectivity index (χ0v) is 14.1. The summed E-state index contributed by atoms with van der Waals surface area (Å²) in [4.78, 5) is 6.40. The lowest BCUT2D eigenvalue weighted by Crippen LogP contribution is -2.15. The van der Waals surface area contributed by atoms with Crippen LogP contribution in [0.5, 0.6) is 0 Å². The van der Waals surface area contributed by atoms with Crippen molar-refractivity contribution in [2.24, 2.45) is 0 Å².